The van der Waals surface area contributed by atoms with Gasteiger partial charge in [0.2, 0.25) is 0 Å². The number of nitrogens with zero attached hydrogens (tertiary/aromatic N) is 2. The summed E-state index contributed by atoms with van der Waals surface area (Å²) in [5.74, 6) is -0.492. The Balaban J connectivity index is 1.83. The van der Waals surface area contributed by atoms with Crippen LogP contribution in [0.3, 0.4) is 0 Å². The second-order valence-corrected chi connectivity index (χ2v) is 7.35. The van der Waals surface area contributed by atoms with Gasteiger partial charge in [0.05, 0.1) is 17.7 Å². The summed E-state index contributed by atoms with van der Waals surface area (Å²) in [6, 6.07) is 12.7. The van der Waals surface area contributed by atoms with Gasteiger partial charge in [-0.1, -0.05) is 24.3 Å². The van der Waals surface area contributed by atoms with E-state index in [9.17, 15) is 9.18 Å². The van der Waals surface area contributed by atoms with Crippen LogP contribution in [0.15, 0.2) is 42.5 Å². The van der Waals surface area contributed by atoms with Crippen LogP contribution in [0.1, 0.15) is 36.7 Å². The van der Waals surface area contributed by atoms with E-state index in [-0.39, 0.29) is 11.8 Å². The highest BCUT2D eigenvalue weighted by Crippen LogP contribution is 2.36. The minimum absolute atomic E-state index is 0.227. The van der Waals surface area contributed by atoms with E-state index in [0.29, 0.717) is 38.1 Å². The molecule has 0 N–H and O–H groups in total. The first-order valence-corrected chi connectivity index (χ1v) is 9.58. The molecule has 0 saturated carbocycles. The van der Waals surface area contributed by atoms with Crippen molar-refractivity contribution in [3.8, 4) is 0 Å². The van der Waals surface area contributed by atoms with E-state index in [1.54, 1.807) is 12.1 Å². The lowest BCUT2D eigenvalue weighted by Crippen LogP contribution is -2.49. The number of rotatable bonds is 6. The molecule has 4 nitrogen and oxygen atoms in total. The number of piperidine rings is 1. The number of carbonyl (C=O) groups excluding carboxylic acids is 1. The third-order valence-electron chi connectivity index (χ3n) is 5.18. The zero-order valence-electron chi connectivity index (χ0n) is 16.1. The molecule has 27 heavy (non-hydrogen) atoms. The van der Waals surface area contributed by atoms with E-state index >= 15 is 0 Å². The number of pyridine rings is 1. The van der Waals surface area contributed by atoms with E-state index in [4.69, 9.17) is 4.74 Å². The van der Waals surface area contributed by atoms with Gasteiger partial charge in [-0.05, 0) is 63.4 Å². The lowest BCUT2D eigenvalue weighted by Gasteiger charge is -2.41. The molecule has 1 saturated heterocycles. The number of hydrogen-bond donors (Lipinski definition) is 0. The standard InChI is InChI=1S/C22H27FN2O2/c1-3-27-21(26)22(14-18-9-4-5-11-20(18)23)12-7-13-25(16-22)15-19-10-6-8-17(2)24-19/h4-6,8-11H,3,7,12-16H2,1-2H3/t22-/m0/s1. The number of ether oxygens (including phenoxy) is 1. The largest absolute Gasteiger partial charge is 0.466 e. The molecular formula is C22H27FN2O2. The third-order valence-corrected chi connectivity index (χ3v) is 5.18. The van der Waals surface area contributed by atoms with E-state index in [1.807, 2.05) is 38.1 Å². The Morgan fingerprint density at radius 1 is 1.26 bits per heavy atom. The zero-order chi connectivity index (χ0) is 19.3. The number of halogens is 1. The molecule has 0 amide bonds. The predicted octanol–water partition coefficient (Wildman–Crippen LogP) is 3.92. The number of benzene rings is 1. The van der Waals surface area contributed by atoms with E-state index < -0.39 is 5.41 Å². The maximum atomic E-state index is 14.3. The van der Waals surface area contributed by atoms with E-state index in [0.717, 1.165) is 24.4 Å². The van der Waals surface area contributed by atoms with Gasteiger partial charge >= 0.3 is 5.97 Å². The fraction of sp³-hybridized carbons (Fsp3) is 0.455. The van der Waals surface area contributed by atoms with Gasteiger partial charge in [-0.3, -0.25) is 14.7 Å². The molecule has 1 atom stereocenters. The van der Waals surface area contributed by atoms with Gasteiger partial charge in [0.25, 0.3) is 0 Å². The van der Waals surface area contributed by atoms with Crippen molar-refractivity contribution in [2.75, 3.05) is 19.7 Å². The topological polar surface area (TPSA) is 42.4 Å². The minimum atomic E-state index is -0.722. The Labute approximate surface area is 160 Å². The smallest absolute Gasteiger partial charge is 0.313 e. The van der Waals surface area contributed by atoms with Crippen molar-refractivity contribution in [2.24, 2.45) is 5.41 Å². The fourth-order valence-electron chi connectivity index (χ4n) is 3.95. The van der Waals surface area contributed by atoms with Crippen LogP contribution in [0.4, 0.5) is 4.39 Å². The van der Waals surface area contributed by atoms with Gasteiger partial charge < -0.3 is 4.74 Å². The molecule has 0 spiro atoms. The lowest BCUT2D eigenvalue weighted by atomic mass is 9.75. The second kappa shape index (κ2) is 8.61. The highest BCUT2D eigenvalue weighted by molar-refractivity contribution is 5.77. The molecule has 1 fully saturated rings. The van der Waals surface area contributed by atoms with Gasteiger partial charge in [-0.25, -0.2) is 4.39 Å². The van der Waals surface area contributed by atoms with Crippen LogP contribution in [0.25, 0.3) is 0 Å². The predicted molar refractivity (Wildman–Crippen MR) is 103 cm³/mol. The average molecular weight is 370 g/mol. The van der Waals surface area contributed by atoms with Gasteiger partial charge in [-0.15, -0.1) is 0 Å². The summed E-state index contributed by atoms with van der Waals surface area (Å²) in [6.07, 6.45) is 1.94. The number of hydrogen-bond acceptors (Lipinski definition) is 4. The van der Waals surface area contributed by atoms with Crippen LogP contribution in [0.5, 0.6) is 0 Å². The molecule has 1 aromatic heterocycles. The first kappa shape index (κ1) is 19.5. The van der Waals surface area contributed by atoms with Crippen molar-refractivity contribution in [3.05, 3.63) is 65.2 Å². The fourth-order valence-corrected chi connectivity index (χ4v) is 3.95. The molecule has 0 bridgehead atoms. The molecule has 5 heteroatoms. The Morgan fingerprint density at radius 3 is 2.81 bits per heavy atom. The molecular weight excluding hydrogens is 343 g/mol. The van der Waals surface area contributed by atoms with Crippen LogP contribution >= 0.6 is 0 Å². The number of aryl methyl sites for hydroxylation is 1. The Bertz CT molecular complexity index is 795. The average Bonchev–Trinajstić information content (AvgIpc) is 2.64. The van der Waals surface area contributed by atoms with Crippen molar-refractivity contribution < 1.29 is 13.9 Å². The molecule has 2 aromatic rings. The molecule has 1 aromatic carbocycles. The second-order valence-electron chi connectivity index (χ2n) is 7.35. The van der Waals surface area contributed by atoms with Gasteiger partial charge in [0, 0.05) is 18.8 Å². The molecule has 1 aliphatic heterocycles. The summed E-state index contributed by atoms with van der Waals surface area (Å²) in [5, 5.41) is 0. The SMILES string of the molecule is CCOC(=O)[C@]1(Cc2ccccc2F)CCCN(Cc2cccc(C)n2)C1. The molecule has 2 heterocycles. The molecule has 144 valence electrons. The van der Waals surface area contributed by atoms with E-state index in [1.165, 1.54) is 6.07 Å². The Hall–Kier alpha value is -2.27. The normalized spacial score (nSPS) is 20.4. The third kappa shape index (κ3) is 4.72. The monoisotopic (exact) mass is 370 g/mol. The quantitative estimate of drug-likeness (QED) is 0.723. The van der Waals surface area contributed by atoms with Crippen LogP contribution in [-0.4, -0.2) is 35.5 Å². The minimum Gasteiger partial charge on any atom is -0.466 e. The van der Waals surface area contributed by atoms with E-state index in [2.05, 4.69) is 9.88 Å². The van der Waals surface area contributed by atoms with Crippen molar-refractivity contribution in [2.45, 2.75) is 39.7 Å². The highest BCUT2D eigenvalue weighted by Gasteiger charge is 2.44. The lowest BCUT2D eigenvalue weighted by molar-refractivity contribution is -0.159. The van der Waals surface area contributed by atoms with Gasteiger partial charge in [-0.2, -0.15) is 0 Å². The maximum Gasteiger partial charge on any atom is 0.313 e. The maximum absolute atomic E-state index is 14.3. The summed E-state index contributed by atoms with van der Waals surface area (Å²) in [4.78, 5) is 19.7. The number of carbonyl (C=O) groups is 1. The first-order chi connectivity index (χ1) is 13.0. The highest BCUT2D eigenvalue weighted by atomic mass is 19.1. The molecule has 0 aliphatic carbocycles. The van der Waals surface area contributed by atoms with Crippen molar-refractivity contribution in [3.63, 3.8) is 0 Å². The Kier molecular flexibility index (Phi) is 6.22. The van der Waals surface area contributed by atoms with Crippen LogP contribution in [0, 0.1) is 18.2 Å². The summed E-state index contributed by atoms with van der Waals surface area (Å²) in [7, 11) is 0. The summed E-state index contributed by atoms with van der Waals surface area (Å²) >= 11 is 0. The van der Waals surface area contributed by atoms with Crippen molar-refractivity contribution >= 4 is 5.97 Å². The van der Waals surface area contributed by atoms with Gasteiger partial charge in [0.15, 0.2) is 0 Å². The Morgan fingerprint density at radius 2 is 2.07 bits per heavy atom. The van der Waals surface area contributed by atoms with Gasteiger partial charge in [0.1, 0.15) is 5.82 Å². The summed E-state index contributed by atoms with van der Waals surface area (Å²) < 4.78 is 19.7. The molecule has 0 radical (unpaired) electrons. The number of esters is 1. The number of likely N-dealkylation sites (tertiary alicyclic amines) is 1. The van der Waals surface area contributed by atoms with Crippen LogP contribution in [0.2, 0.25) is 0 Å². The molecule has 0 unspecified atom stereocenters. The zero-order valence-corrected chi connectivity index (χ0v) is 16.1. The van der Waals surface area contributed by atoms with Crippen LogP contribution < -0.4 is 0 Å². The molecule has 1 aliphatic rings. The van der Waals surface area contributed by atoms with Crippen LogP contribution in [-0.2, 0) is 22.5 Å². The first-order valence-electron chi connectivity index (χ1n) is 9.58. The number of aromatic nitrogens is 1. The van der Waals surface area contributed by atoms with Crippen molar-refractivity contribution in [1.29, 1.82) is 0 Å². The van der Waals surface area contributed by atoms with Crippen molar-refractivity contribution in [1.82, 2.24) is 9.88 Å². The molecule has 3 rings (SSSR count). The summed E-state index contributed by atoms with van der Waals surface area (Å²) in [6.45, 7) is 6.24. The summed E-state index contributed by atoms with van der Waals surface area (Å²) in [5.41, 5.74) is 1.81.